The van der Waals surface area contributed by atoms with Crippen LogP contribution in [0.5, 0.6) is 0 Å². The van der Waals surface area contributed by atoms with E-state index in [-0.39, 0.29) is 0 Å². The molecular formula is C12H15N3O2S2. The second-order valence-corrected chi connectivity index (χ2v) is 6.66. The maximum absolute atomic E-state index is 12.3. The van der Waals surface area contributed by atoms with Crippen LogP contribution in [-0.4, -0.2) is 20.4 Å². The highest BCUT2D eigenvalue weighted by Gasteiger charge is 2.19. The van der Waals surface area contributed by atoms with Gasteiger partial charge in [-0.15, -0.1) is 11.3 Å². The van der Waals surface area contributed by atoms with E-state index in [9.17, 15) is 8.42 Å². The summed E-state index contributed by atoms with van der Waals surface area (Å²) in [5, 5.41) is 4.73. The van der Waals surface area contributed by atoms with Crippen molar-refractivity contribution in [3.8, 4) is 0 Å². The first-order valence-corrected chi connectivity index (χ1v) is 8.06. The van der Waals surface area contributed by atoms with Gasteiger partial charge in [0.05, 0.1) is 0 Å². The molecular weight excluding hydrogens is 282 g/mol. The van der Waals surface area contributed by atoms with Gasteiger partial charge in [0.25, 0.3) is 10.0 Å². The van der Waals surface area contributed by atoms with Crippen molar-refractivity contribution in [3.05, 3.63) is 40.2 Å². The molecule has 7 heteroatoms. The first kappa shape index (κ1) is 14.0. The molecule has 0 aliphatic rings. The largest absolute Gasteiger partial charge is 0.315 e. The number of aryl methyl sites for hydroxylation is 1. The monoisotopic (exact) mass is 297 g/mol. The van der Waals surface area contributed by atoms with E-state index in [1.54, 1.807) is 30.6 Å². The highest BCUT2D eigenvalue weighted by atomic mass is 32.2. The Kier molecular flexibility index (Phi) is 4.18. The predicted molar refractivity (Wildman–Crippen MR) is 76.9 cm³/mol. The molecule has 2 N–H and O–H groups in total. The molecule has 5 nitrogen and oxygen atoms in total. The van der Waals surface area contributed by atoms with Crippen LogP contribution in [0, 0.1) is 6.92 Å². The molecule has 0 fully saturated rings. The SMILES string of the molecule is CNCc1sccc1S(=O)(=O)Nc1cccc(C)n1. The number of aromatic nitrogens is 1. The number of rotatable bonds is 5. The van der Waals surface area contributed by atoms with Gasteiger partial charge < -0.3 is 5.32 Å². The van der Waals surface area contributed by atoms with Gasteiger partial charge in [0.2, 0.25) is 0 Å². The summed E-state index contributed by atoms with van der Waals surface area (Å²) in [5.74, 6) is 0.335. The fourth-order valence-electron chi connectivity index (χ4n) is 1.65. The topological polar surface area (TPSA) is 71.1 Å². The van der Waals surface area contributed by atoms with E-state index in [4.69, 9.17) is 0 Å². The van der Waals surface area contributed by atoms with Crippen LogP contribution in [0.3, 0.4) is 0 Å². The predicted octanol–water partition coefficient (Wildman–Crippen LogP) is 1.97. The van der Waals surface area contributed by atoms with Gasteiger partial charge in [-0.05, 0) is 37.6 Å². The first-order chi connectivity index (χ1) is 9.03. The quantitative estimate of drug-likeness (QED) is 0.885. The molecule has 0 saturated carbocycles. The van der Waals surface area contributed by atoms with Gasteiger partial charge in [0.1, 0.15) is 10.7 Å². The third-order valence-electron chi connectivity index (χ3n) is 2.46. The van der Waals surface area contributed by atoms with Crippen LogP contribution < -0.4 is 10.0 Å². The molecule has 0 spiro atoms. The number of thiophene rings is 1. The minimum Gasteiger partial charge on any atom is -0.315 e. The van der Waals surface area contributed by atoms with E-state index in [1.807, 2.05) is 13.0 Å². The summed E-state index contributed by atoms with van der Waals surface area (Å²) in [7, 11) is -1.80. The second kappa shape index (κ2) is 5.68. The Morgan fingerprint density at radius 1 is 1.32 bits per heavy atom. The Labute approximate surface area is 116 Å². The smallest absolute Gasteiger partial charge is 0.264 e. The lowest BCUT2D eigenvalue weighted by molar-refractivity contribution is 0.600. The summed E-state index contributed by atoms with van der Waals surface area (Å²) in [6.07, 6.45) is 0. The summed E-state index contributed by atoms with van der Waals surface area (Å²) in [4.78, 5) is 5.22. The number of hydrogen-bond acceptors (Lipinski definition) is 5. The van der Waals surface area contributed by atoms with Crippen LogP contribution >= 0.6 is 11.3 Å². The van der Waals surface area contributed by atoms with Gasteiger partial charge in [-0.1, -0.05) is 6.07 Å². The van der Waals surface area contributed by atoms with E-state index in [0.29, 0.717) is 17.3 Å². The molecule has 0 bridgehead atoms. The van der Waals surface area contributed by atoms with Crippen LogP contribution in [0.4, 0.5) is 5.82 Å². The summed E-state index contributed by atoms with van der Waals surface area (Å²) in [6, 6.07) is 6.82. The zero-order valence-corrected chi connectivity index (χ0v) is 12.3. The van der Waals surface area contributed by atoms with Crippen molar-refractivity contribution in [2.45, 2.75) is 18.4 Å². The molecule has 0 aliphatic heterocycles. The highest BCUT2D eigenvalue weighted by Crippen LogP contribution is 2.23. The number of hydrogen-bond donors (Lipinski definition) is 2. The van der Waals surface area contributed by atoms with Crippen molar-refractivity contribution in [2.24, 2.45) is 0 Å². The van der Waals surface area contributed by atoms with Crippen LogP contribution in [0.2, 0.25) is 0 Å². The zero-order chi connectivity index (χ0) is 13.9. The van der Waals surface area contributed by atoms with Crippen LogP contribution in [0.15, 0.2) is 34.5 Å². The Balaban J connectivity index is 2.30. The summed E-state index contributed by atoms with van der Waals surface area (Å²) < 4.78 is 27.1. The van der Waals surface area contributed by atoms with E-state index in [1.165, 1.54) is 11.3 Å². The van der Waals surface area contributed by atoms with E-state index < -0.39 is 10.0 Å². The minimum atomic E-state index is -3.58. The molecule has 2 aromatic heterocycles. The standard InChI is InChI=1S/C12H15N3O2S2/c1-9-4-3-5-12(14-9)15-19(16,17)11-6-7-18-10(11)8-13-2/h3-7,13H,8H2,1-2H3,(H,14,15). The van der Waals surface area contributed by atoms with Crippen molar-refractivity contribution in [1.82, 2.24) is 10.3 Å². The molecule has 0 aliphatic carbocycles. The number of pyridine rings is 1. The molecule has 0 amide bonds. The third kappa shape index (κ3) is 3.31. The molecule has 19 heavy (non-hydrogen) atoms. The average Bonchev–Trinajstić information content (AvgIpc) is 2.78. The summed E-state index contributed by atoms with van der Waals surface area (Å²) in [5.41, 5.74) is 0.765. The Morgan fingerprint density at radius 2 is 2.11 bits per heavy atom. The number of nitrogens with zero attached hydrogens (tertiary/aromatic N) is 1. The Bertz CT molecular complexity index is 665. The molecule has 0 saturated heterocycles. The van der Waals surface area contributed by atoms with Crippen LogP contribution in [0.1, 0.15) is 10.6 Å². The zero-order valence-electron chi connectivity index (χ0n) is 10.7. The van der Waals surface area contributed by atoms with Crippen LogP contribution in [-0.2, 0) is 16.6 Å². The molecule has 2 rings (SSSR count). The maximum Gasteiger partial charge on any atom is 0.264 e. The summed E-state index contributed by atoms with van der Waals surface area (Å²) >= 11 is 1.41. The van der Waals surface area contributed by atoms with Crippen LogP contribution in [0.25, 0.3) is 0 Å². The minimum absolute atomic E-state index is 0.301. The first-order valence-electron chi connectivity index (χ1n) is 5.70. The van der Waals surface area contributed by atoms with Gasteiger partial charge in [-0.3, -0.25) is 4.72 Å². The molecule has 2 aromatic rings. The fourth-order valence-corrected chi connectivity index (χ4v) is 4.11. The van der Waals surface area contributed by atoms with Crippen molar-refractivity contribution in [2.75, 3.05) is 11.8 Å². The van der Waals surface area contributed by atoms with Crippen molar-refractivity contribution >= 4 is 27.2 Å². The van der Waals surface area contributed by atoms with E-state index in [0.717, 1.165) is 10.6 Å². The number of sulfonamides is 1. The van der Waals surface area contributed by atoms with Gasteiger partial charge >= 0.3 is 0 Å². The third-order valence-corrected chi connectivity index (χ3v) is 4.95. The molecule has 0 radical (unpaired) electrons. The lowest BCUT2D eigenvalue weighted by atomic mass is 10.4. The maximum atomic E-state index is 12.3. The lowest BCUT2D eigenvalue weighted by Gasteiger charge is -2.08. The van der Waals surface area contributed by atoms with Gasteiger partial charge in [0, 0.05) is 17.1 Å². The molecule has 2 heterocycles. The highest BCUT2D eigenvalue weighted by molar-refractivity contribution is 7.92. The number of anilines is 1. The van der Waals surface area contributed by atoms with Crippen molar-refractivity contribution in [1.29, 1.82) is 0 Å². The molecule has 0 unspecified atom stereocenters. The Morgan fingerprint density at radius 3 is 2.79 bits per heavy atom. The average molecular weight is 297 g/mol. The second-order valence-electron chi connectivity index (χ2n) is 4.01. The van der Waals surface area contributed by atoms with Crippen molar-refractivity contribution < 1.29 is 8.42 Å². The molecule has 0 aromatic carbocycles. The number of nitrogens with one attached hydrogen (secondary N) is 2. The van der Waals surface area contributed by atoms with E-state index >= 15 is 0 Å². The van der Waals surface area contributed by atoms with Gasteiger partial charge in [-0.25, -0.2) is 13.4 Å². The Hall–Kier alpha value is -1.44. The van der Waals surface area contributed by atoms with Crippen molar-refractivity contribution in [3.63, 3.8) is 0 Å². The van der Waals surface area contributed by atoms with E-state index in [2.05, 4.69) is 15.0 Å². The molecule has 102 valence electrons. The van der Waals surface area contributed by atoms with Gasteiger partial charge in [-0.2, -0.15) is 0 Å². The normalized spacial score (nSPS) is 11.5. The summed E-state index contributed by atoms with van der Waals surface area (Å²) in [6.45, 7) is 2.34. The molecule has 0 atom stereocenters. The fraction of sp³-hybridized carbons (Fsp3) is 0.250. The van der Waals surface area contributed by atoms with Gasteiger partial charge in [0.15, 0.2) is 0 Å². The lowest BCUT2D eigenvalue weighted by Crippen LogP contribution is -2.16.